The van der Waals surface area contributed by atoms with E-state index in [2.05, 4.69) is 47.2 Å². The standard InChI is InChI=1S/C15H22BrNO2/c1-3-17-11(2)12-6-7-15(14(16)9-12)19-10-13-5-4-8-18-13/h6-7,9,11,13,17H,3-5,8,10H2,1-2H3. The summed E-state index contributed by atoms with van der Waals surface area (Å²) in [6, 6.07) is 6.62. The first kappa shape index (κ1) is 14.8. The van der Waals surface area contributed by atoms with Crippen molar-refractivity contribution in [3.63, 3.8) is 0 Å². The van der Waals surface area contributed by atoms with Gasteiger partial charge in [-0.05, 0) is 59.9 Å². The second-order valence-corrected chi connectivity index (χ2v) is 5.77. The third kappa shape index (κ3) is 4.20. The molecule has 2 rings (SSSR count). The van der Waals surface area contributed by atoms with Crippen molar-refractivity contribution < 1.29 is 9.47 Å². The summed E-state index contributed by atoms with van der Waals surface area (Å²) in [5.41, 5.74) is 1.26. The van der Waals surface area contributed by atoms with Crippen molar-refractivity contribution in [2.24, 2.45) is 0 Å². The first-order valence-electron chi connectivity index (χ1n) is 6.98. The van der Waals surface area contributed by atoms with Crippen LogP contribution in [0.5, 0.6) is 5.75 Å². The van der Waals surface area contributed by atoms with Crippen LogP contribution in [-0.2, 0) is 4.74 Å². The average molecular weight is 328 g/mol. The van der Waals surface area contributed by atoms with Crippen LogP contribution in [0.3, 0.4) is 0 Å². The van der Waals surface area contributed by atoms with Crippen LogP contribution >= 0.6 is 15.9 Å². The summed E-state index contributed by atoms with van der Waals surface area (Å²) in [6.45, 7) is 6.76. The van der Waals surface area contributed by atoms with E-state index < -0.39 is 0 Å². The lowest BCUT2D eigenvalue weighted by molar-refractivity contribution is 0.0677. The van der Waals surface area contributed by atoms with E-state index in [4.69, 9.17) is 9.47 Å². The molecule has 0 aliphatic carbocycles. The molecule has 1 fully saturated rings. The molecule has 2 atom stereocenters. The van der Waals surface area contributed by atoms with E-state index in [1.54, 1.807) is 0 Å². The van der Waals surface area contributed by atoms with Gasteiger partial charge in [0.15, 0.2) is 0 Å². The molecule has 1 aromatic rings. The summed E-state index contributed by atoms with van der Waals surface area (Å²) in [6.07, 6.45) is 2.51. The van der Waals surface area contributed by atoms with Crippen molar-refractivity contribution in [2.45, 2.75) is 38.8 Å². The van der Waals surface area contributed by atoms with Gasteiger partial charge < -0.3 is 14.8 Å². The highest BCUT2D eigenvalue weighted by atomic mass is 79.9. The number of benzene rings is 1. The van der Waals surface area contributed by atoms with Crippen molar-refractivity contribution in [2.75, 3.05) is 19.8 Å². The normalized spacial score (nSPS) is 20.5. The van der Waals surface area contributed by atoms with Gasteiger partial charge in [0, 0.05) is 12.6 Å². The zero-order chi connectivity index (χ0) is 13.7. The summed E-state index contributed by atoms with van der Waals surface area (Å²) in [4.78, 5) is 0. The van der Waals surface area contributed by atoms with Gasteiger partial charge in [0.05, 0.1) is 10.6 Å². The molecule has 1 aliphatic heterocycles. The number of ether oxygens (including phenoxy) is 2. The summed E-state index contributed by atoms with van der Waals surface area (Å²) in [5.74, 6) is 0.892. The SMILES string of the molecule is CCNC(C)c1ccc(OCC2CCCO2)c(Br)c1. The van der Waals surface area contributed by atoms with Gasteiger partial charge in [-0.25, -0.2) is 0 Å². The van der Waals surface area contributed by atoms with E-state index >= 15 is 0 Å². The average Bonchev–Trinajstić information content (AvgIpc) is 2.90. The molecular formula is C15H22BrNO2. The summed E-state index contributed by atoms with van der Waals surface area (Å²) in [5, 5.41) is 3.40. The van der Waals surface area contributed by atoms with Gasteiger partial charge in [0.2, 0.25) is 0 Å². The number of halogens is 1. The quantitative estimate of drug-likeness (QED) is 0.864. The fourth-order valence-corrected chi connectivity index (χ4v) is 2.80. The maximum Gasteiger partial charge on any atom is 0.133 e. The van der Waals surface area contributed by atoms with Crippen LogP contribution in [0.4, 0.5) is 0 Å². The Hall–Kier alpha value is -0.580. The largest absolute Gasteiger partial charge is 0.490 e. The molecule has 1 saturated heterocycles. The van der Waals surface area contributed by atoms with Crippen LogP contribution < -0.4 is 10.1 Å². The molecule has 2 unspecified atom stereocenters. The maximum absolute atomic E-state index is 5.82. The van der Waals surface area contributed by atoms with Gasteiger partial charge in [-0.3, -0.25) is 0 Å². The molecule has 106 valence electrons. The number of hydrogen-bond acceptors (Lipinski definition) is 3. The third-order valence-corrected chi connectivity index (χ3v) is 4.03. The van der Waals surface area contributed by atoms with E-state index in [1.807, 2.05) is 6.07 Å². The minimum atomic E-state index is 0.257. The van der Waals surface area contributed by atoms with E-state index in [9.17, 15) is 0 Å². The van der Waals surface area contributed by atoms with Gasteiger partial charge in [0.1, 0.15) is 12.4 Å². The smallest absolute Gasteiger partial charge is 0.133 e. The summed E-state index contributed by atoms with van der Waals surface area (Å²) in [7, 11) is 0. The first-order valence-corrected chi connectivity index (χ1v) is 7.77. The Balaban J connectivity index is 1.94. The number of nitrogens with one attached hydrogen (secondary N) is 1. The molecule has 0 bridgehead atoms. The molecular weight excluding hydrogens is 306 g/mol. The molecule has 4 heteroatoms. The fourth-order valence-electron chi connectivity index (χ4n) is 2.29. The Bertz CT molecular complexity index is 405. The van der Waals surface area contributed by atoms with Crippen molar-refractivity contribution in [3.05, 3.63) is 28.2 Å². The van der Waals surface area contributed by atoms with Crippen LogP contribution in [0.1, 0.15) is 38.3 Å². The molecule has 19 heavy (non-hydrogen) atoms. The number of hydrogen-bond donors (Lipinski definition) is 1. The molecule has 1 aliphatic rings. The van der Waals surface area contributed by atoms with Gasteiger partial charge in [0.25, 0.3) is 0 Å². The van der Waals surface area contributed by atoms with Crippen LogP contribution in [0.25, 0.3) is 0 Å². The lowest BCUT2D eigenvalue weighted by atomic mass is 10.1. The molecule has 0 aromatic heterocycles. The van der Waals surface area contributed by atoms with Crippen LogP contribution in [-0.4, -0.2) is 25.9 Å². The van der Waals surface area contributed by atoms with Crippen LogP contribution in [0.2, 0.25) is 0 Å². The molecule has 0 saturated carbocycles. The van der Waals surface area contributed by atoms with Crippen molar-refractivity contribution in [1.82, 2.24) is 5.32 Å². The molecule has 0 spiro atoms. The lowest BCUT2D eigenvalue weighted by Gasteiger charge is -2.16. The lowest BCUT2D eigenvalue weighted by Crippen LogP contribution is -2.18. The zero-order valence-corrected chi connectivity index (χ0v) is 13.2. The van der Waals surface area contributed by atoms with Gasteiger partial charge >= 0.3 is 0 Å². The molecule has 1 N–H and O–H groups in total. The predicted molar refractivity (Wildman–Crippen MR) is 80.7 cm³/mol. The Morgan fingerprint density at radius 2 is 2.37 bits per heavy atom. The van der Waals surface area contributed by atoms with Crippen molar-refractivity contribution in [1.29, 1.82) is 0 Å². The summed E-state index contributed by atoms with van der Waals surface area (Å²) < 4.78 is 12.4. The molecule has 0 amide bonds. The molecule has 1 heterocycles. The van der Waals surface area contributed by atoms with Gasteiger partial charge in [-0.15, -0.1) is 0 Å². The van der Waals surface area contributed by atoms with E-state index in [1.165, 1.54) is 5.56 Å². The predicted octanol–water partition coefficient (Wildman–Crippen LogP) is 3.68. The second kappa shape index (κ2) is 7.27. The second-order valence-electron chi connectivity index (χ2n) is 4.92. The van der Waals surface area contributed by atoms with Crippen LogP contribution in [0.15, 0.2) is 22.7 Å². The highest BCUT2D eigenvalue weighted by Crippen LogP contribution is 2.29. The van der Waals surface area contributed by atoms with E-state index in [0.29, 0.717) is 12.6 Å². The third-order valence-electron chi connectivity index (χ3n) is 3.41. The highest BCUT2D eigenvalue weighted by molar-refractivity contribution is 9.10. The Morgan fingerprint density at radius 3 is 3.00 bits per heavy atom. The van der Waals surface area contributed by atoms with Crippen molar-refractivity contribution >= 4 is 15.9 Å². The van der Waals surface area contributed by atoms with Gasteiger partial charge in [-0.1, -0.05) is 13.0 Å². The molecule has 0 radical (unpaired) electrons. The first-order chi connectivity index (χ1) is 9.20. The Morgan fingerprint density at radius 1 is 1.53 bits per heavy atom. The monoisotopic (exact) mass is 327 g/mol. The molecule has 3 nitrogen and oxygen atoms in total. The zero-order valence-electron chi connectivity index (χ0n) is 11.6. The van der Waals surface area contributed by atoms with E-state index in [0.717, 1.165) is 36.2 Å². The fraction of sp³-hybridized carbons (Fsp3) is 0.600. The maximum atomic E-state index is 5.82. The highest BCUT2D eigenvalue weighted by Gasteiger charge is 2.16. The van der Waals surface area contributed by atoms with Crippen molar-refractivity contribution in [3.8, 4) is 5.75 Å². The minimum absolute atomic E-state index is 0.257. The summed E-state index contributed by atoms with van der Waals surface area (Å²) >= 11 is 3.58. The van der Waals surface area contributed by atoms with Crippen LogP contribution in [0, 0.1) is 0 Å². The van der Waals surface area contributed by atoms with E-state index in [-0.39, 0.29) is 6.10 Å². The Labute approximate surface area is 123 Å². The number of rotatable bonds is 6. The minimum Gasteiger partial charge on any atom is -0.490 e. The molecule has 1 aromatic carbocycles. The topological polar surface area (TPSA) is 30.5 Å². The van der Waals surface area contributed by atoms with Gasteiger partial charge in [-0.2, -0.15) is 0 Å². The Kier molecular flexibility index (Phi) is 5.67.